The summed E-state index contributed by atoms with van der Waals surface area (Å²) in [7, 11) is 1.71. The van der Waals surface area contributed by atoms with Crippen LogP contribution in [0.25, 0.3) is 10.4 Å². The number of methoxy groups -OCH3 is 1. The quantitative estimate of drug-likeness (QED) is 0.274. The van der Waals surface area contributed by atoms with E-state index in [1.54, 1.807) is 7.11 Å². The van der Waals surface area contributed by atoms with Crippen molar-refractivity contribution >= 4 is 17.2 Å². The summed E-state index contributed by atoms with van der Waals surface area (Å²) in [6.07, 6.45) is 13.5. The molecule has 220 valence electrons. The normalized spacial score (nSPS) is 23.6. The Morgan fingerprint density at radius 2 is 1.93 bits per heavy atom. The molecular formula is C36H43N3O2S. The summed E-state index contributed by atoms with van der Waals surface area (Å²) < 4.78 is 5.51. The number of rotatable bonds is 9. The van der Waals surface area contributed by atoms with Crippen LogP contribution in [-0.2, 0) is 4.79 Å². The van der Waals surface area contributed by atoms with Crippen molar-refractivity contribution in [3.8, 4) is 22.3 Å². The molecule has 1 heterocycles. The first-order chi connectivity index (χ1) is 20.5. The average Bonchev–Trinajstić information content (AvgIpc) is 3.76. The monoisotopic (exact) mass is 581 g/mol. The molecule has 2 aromatic carbocycles. The Kier molecular flexibility index (Phi) is 8.95. The van der Waals surface area contributed by atoms with Crippen LogP contribution in [0.1, 0.15) is 110 Å². The van der Waals surface area contributed by atoms with E-state index in [1.807, 2.05) is 17.5 Å². The van der Waals surface area contributed by atoms with Gasteiger partial charge in [-0.2, -0.15) is 5.26 Å². The first kappa shape index (κ1) is 28.9. The minimum Gasteiger partial charge on any atom is -0.496 e. The Morgan fingerprint density at radius 1 is 1.10 bits per heavy atom. The maximum Gasteiger partial charge on any atom is 0.223 e. The summed E-state index contributed by atoms with van der Waals surface area (Å²) in [4.78, 5) is 19.6. The number of ether oxygens (including phenoxy) is 1. The van der Waals surface area contributed by atoms with Gasteiger partial charge in [0.25, 0.3) is 0 Å². The smallest absolute Gasteiger partial charge is 0.223 e. The summed E-state index contributed by atoms with van der Waals surface area (Å²) in [5.74, 6) is 2.75. The molecule has 1 N–H and O–H groups in total. The van der Waals surface area contributed by atoms with Crippen LogP contribution in [0.5, 0.6) is 5.75 Å². The number of nitriles is 1. The molecule has 3 aliphatic carbocycles. The lowest BCUT2D eigenvalue weighted by atomic mass is 9.67. The fourth-order valence-electron chi connectivity index (χ4n) is 7.45. The van der Waals surface area contributed by atoms with Gasteiger partial charge in [-0.05, 0) is 104 Å². The number of benzene rings is 2. The van der Waals surface area contributed by atoms with Crippen LogP contribution in [0.3, 0.4) is 0 Å². The third-order valence-corrected chi connectivity index (χ3v) is 11.2. The molecule has 0 spiro atoms. The second-order valence-corrected chi connectivity index (χ2v) is 13.9. The Hall–Kier alpha value is -3.17. The Morgan fingerprint density at radius 3 is 2.67 bits per heavy atom. The molecule has 6 heteroatoms. The zero-order chi connectivity index (χ0) is 29.1. The summed E-state index contributed by atoms with van der Waals surface area (Å²) in [6.45, 7) is 2.09. The molecule has 4 atom stereocenters. The average molecular weight is 582 g/mol. The van der Waals surface area contributed by atoms with Gasteiger partial charge in [-0.25, -0.2) is 4.98 Å². The second kappa shape index (κ2) is 13.0. The standard InChI is InChI=1S/C36H43N3O2S/c1-23-19-26(14-16-32(23)41-2)31-15-13-30(20-27(31)17-18-37)34(39-35(40)24-7-4-3-5-8-24)29-10-6-9-28(21-29)33-22-38-36(42-33)25-11-12-25/h6,9-10,14,16,19,21-22,24-25,27,30-31,34H,3-5,7-8,11-13,15,17,20H2,1-2H3,(H,39,40). The molecule has 3 aromatic rings. The summed E-state index contributed by atoms with van der Waals surface area (Å²) in [5.41, 5.74) is 4.80. The first-order valence-electron chi connectivity index (χ1n) is 15.9. The van der Waals surface area contributed by atoms with Gasteiger partial charge in [0.1, 0.15) is 5.75 Å². The number of thiazole rings is 1. The number of carbonyl (C=O) groups is 1. The summed E-state index contributed by atoms with van der Waals surface area (Å²) in [6, 6.07) is 17.7. The largest absolute Gasteiger partial charge is 0.496 e. The lowest BCUT2D eigenvalue weighted by molar-refractivity contribution is -0.127. The number of carbonyl (C=O) groups excluding carboxylic acids is 1. The van der Waals surface area contributed by atoms with E-state index in [0.717, 1.165) is 56.3 Å². The molecule has 3 aliphatic rings. The number of nitrogens with one attached hydrogen (secondary N) is 1. The van der Waals surface area contributed by atoms with Crippen molar-refractivity contribution in [2.24, 2.45) is 17.8 Å². The van der Waals surface area contributed by atoms with Crippen LogP contribution in [0, 0.1) is 36.0 Å². The molecule has 5 nitrogen and oxygen atoms in total. The molecular weight excluding hydrogens is 538 g/mol. The van der Waals surface area contributed by atoms with Crippen LogP contribution in [-0.4, -0.2) is 18.0 Å². The number of hydrogen-bond donors (Lipinski definition) is 1. The topological polar surface area (TPSA) is 75.0 Å². The van der Waals surface area contributed by atoms with E-state index < -0.39 is 0 Å². The fraction of sp³-hybridized carbons (Fsp3) is 0.528. The van der Waals surface area contributed by atoms with Gasteiger partial charge < -0.3 is 10.1 Å². The highest BCUT2D eigenvalue weighted by atomic mass is 32.1. The zero-order valence-electron chi connectivity index (χ0n) is 25.0. The van der Waals surface area contributed by atoms with Gasteiger partial charge in [0.05, 0.1) is 29.1 Å². The third kappa shape index (κ3) is 6.42. The van der Waals surface area contributed by atoms with Crippen molar-refractivity contribution in [1.82, 2.24) is 10.3 Å². The SMILES string of the molecule is COc1ccc(C2CCC(C(NC(=O)C3CCCCC3)c3cccc(-c4cnc(C5CC5)s4)c3)CC2CC#N)cc1C. The van der Waals surface area contributed by atoms with E-state index in [2.05, 4.69) is 60.8 Å². The molecule has 3 saturated carbocycles. The highest BCUT2D eigenvalue weighted by molar-refractivity contribution is 7.15. The minimum atomic E-state index is -0.0602. The molecule has 4 unspecified atom stereocenters. The van der Waals surface area contributed by atoms with Crippen LogP contribution < -0.4 is 10.1 Å². The van der Waals surface area contributed by atoms with Crippen molar-refractivity contribution in [3.05, 3.63) is 70.4 Å². The minimum absolute atomic E-state index is 0.0602. The molecule has 1 aromatic heterocycles. The van der Waals surface area contributed by atoms with Crippen molar-refractivity contribution in [2.75, 3.05) is 7.11 Å². The van der Waals surface area contributed by atoms with Crippen LogP contribution in [0.2, 0.25) is 0 Å². The number of amides is 1. The van der Waals surface area contributed by atoms with Crippen LogP contribution in [0.15, 0.2) is 48.7 Å². The van der Waals surface area contributed by atoms with Crippen molar-refractivity contribution in [3.63, 3.8) is 0 Å². The van der Waals surface area contributed by atoms with E-state index in [-0.39, 0.29) is 29.7 Å². The van der Waals surface area contributed by atoms with Gasteiger partial charge in [-0.1, -0.05) is 49.6 Å². The summed E-state index contributed by atoms with van der Waals surface area (Å²) in [5, 5.41) is 14.7. The molecule has 6 rings (SSSR count). The van der Waals surface area contributed by atoms with Crippen molar-refractivity contribution < 1.29 is 9.53 Å². The van der Waals surface area contributed by atoms with Gasteiger partial charge in [0, 0.05) is 24.5 Å². The van der Waals surface area contributed by atoms with Gasteiger partial charge in [-0.15, -0.1) is 11.3 Å². The summed E-state index contributed by atoms with van der Waals surface area (Å²) >= 11 is 1.81. The number of aryl methyl sites for hydroxylation is 1. The van der Waals surface area contributed by atoms with Crippen molar-refractivity contribution in [2.45, 2.75) is 95.4 Å². The van der Waals surface area contributed by atoms with Crippen LogP contribution >= 0.6 is 11.3 Å². The predicted octanol–water partition coefficient (Wildman–Crippen LogP) is 8.86. The maximum atomic E-state index is 13.7. The number of nitrogens with zero attached hydrogens (tertiary/aromatic N) is 2. The van der Waals surface area contributed by atoms with Gasteiger partial charge >= 0.3 is 0 Å². The van der Waals surface area contributed by atoms with E-state index >= 15 is 0 Å². The predicted molar refractivity (Wildman–Crippen MR) is 169 cm³/mol. The van der Waals surface area contributed by atoms with Gasteiger partial charge in [-0.3, -0.25) is 4.79 Å². The van der Waals surface area contributed by atoms with E-state index in [1.165, 1.54) is 45.8 Å². The molecule has 0 saturated heterocycles. The Balaban J connectivity index is 1.28. The van der Waals surface area contributed by atoms with E-state index in [9.17, 15) is 10.1 Å². The molecule has 0 bridgehead atoms. The lowest BCUT2D eigenvalue weighted by Crippen LogP contribution is -2.40. The lowest BCUT2D eigenvalue weighted by Gasteiger charge is -2.40. The van der Waals surface area contributed by atoms with E-state index in [0.29, 0.717) is 18.3 Å². The molecule has 1 amide bonds. The second-order valence-electron chi connectivity index (χ2n) is 12.8. The third-order valence-electron chi connectivity index (χ3n) is 9.95. The van der Waals surface area contributed by atoms with Gasteiger partial charge in [0.15, 0.2) is 0 Å². The Labute approximate surface area is 254 Å². The highest BCUT2D eigenvalue weighted by Crippen LogP contribution is 2.48. The van der Waals surface area contributed by atoms with E-state index in [4.69, 9.17) is 9.72 Å². The fourth-order valence-corrected chi connectivity index (χ4v) is 8.54. The highest BCUT2D eigenvalue weighted by Gasteiger charge is 2.37. The maximum absolute atomic E-state index is 13.7. The molecule has 42 heavy (non-hydrogen) atoms. The molecule has 0 radical (unpaired) electrons. The number of hydrogen-bond acceptors (Lipinski definition) is 5. The first-order valence-corrected chi connectivity index (χ1v) is 16.7. The zero-order valence-corrected chi connectivity index (χ0v) is 25.8. The van der Waals surface area contributed by atoms with Gasteiger partial charge in [0.2, 0.25) is 5.91 Å². The Bertz CT molecular complexity index is 1430. The van der Waals surface area contributed by atoms with Crippen molar-refractivity contribution in [1.29, 1.82) is 5.26 Å². The molecule has 3 fully saturated rings. The number of aromatic nitrogens is 1. The molecule has 0 aliphatic heterocycles. The van der Waals surface area contributed by atoms with Crippen LogP contribution in [0.4, 0.5) is 0 Å².